The van der Waals surface area contributed by atoms with Crippen LogP contribution < -0.4 is 5.32 Å². The Morgan fingerprint density at radius 3 is 2.71 bits per heavy atom. The summed E-state index contributed by atoms with van der Waals surface area (Å²) in [5, 5.41) is 7.31. The lowest BCUT2D eigenvalue weighted by molar-refractivity contribution is 0.0948. The second-order valence-corrected chi connectivity index (χ2v) is 4.56. The summed E-state index contributed by atoms with van der Waals surface area (Å²) in [6.45, 7) is 1.83. The molecule has 5 nitrogen and oxygen atoms in total. The number of carbonyl (C=O) groups is 1. The lowest BCUT2D eigenvalue weighted by Gasteiger charge is -2.07. The van der Waals surface area contributed by atoms with Crippen LogP contribution in [-0.2, 0) is 6.54 Å². The van der Waals surface area contributed by atoms with E-state index in [9.17, 15) is 9.18 Å². The van der Waals surface area contributed by atoms with Gasteiger partial charge in [0.25, 0.3) is 5.91 Å². The Kier molecular flexibility index (Phi) is 3.35. The molecule has 0 aliphatic heterocycles. The third-order valence-electron chi connectivity index (χ3n) is 3.09. The summed E-state index contributed by atoms with van der Waals surface area (Å²) in [7, 11) is 0. The minimum Gasteiger partial charge on any atom is -0.343 e. The van der Waals surface area contributed by atoms with E-state index in [1.165, 1.54) is 12.1 Å². The van der Waals surface area contributed by atoms with E-state index < -0.39 is 0 Å². The van der Waals surface area contributed by atoms with Crippen molar-refractivity contribution < 1.29 is 13.7 Å². The van der Waals surface area contributed by atoms with Gasteiger partial charge in [0.1, 0.15) is 5.82 Å². The van der Waals surface area contributed by atoms with Gasteiger partial charge in [-0.15, -0.1) is 0 Å². The quantitative estimate of drug-likeness (QED) is 0.803. The Hall–Kier alpha value is -2.76. The molecule has 0 radical (unpaired) electrons. The fraction of sp³-hybridized carbons (Fsp3) is 0.133. The molecule has 106 valence electrons. The Morgan fingerprint density at radius 1 is 1.24 bits per heavy atom. The summed E-state index contributed by atoms with van der Waals surface area (Å²) in [6.07, 6.45) is 0. The molecule has 2 aromatic carbocycles. The molecule has 1 N–H and O–H groups in total. The van der Waals surface area contributed by atoms with Crippen LogP contribution in [0.25, 0.3) is 10.8 Å². The number of hydrogen-bond donors (Lipinski definition) is 1. The second-order valence-electron chi connectivity index (χ2n) is 4.56. The van der Waals surface area contributed by atoms with Gasteiger partial charge >= 0.3 is 0 Å². The molecule has 6 heteroatoms. The number of amides is 1. The molecule has 0 aliphatic carbocycles. The molecule has 3 rings (SSSR count). The Balaban J connectivity index is 1.86. The van der Waals surface area contributed by atoms with Gasteiger partial charge in [-0.25, -0.2) is 4.39 Å². The summed E-state index contributed by atoms with van der Waals surface area (Å²) >= 11 is 0. The van der Waals surface area contributed by atoms with Crippen molar-refractivity contribution in [3.05, 3.63) is 59.5 Å². The molecular formula is C15H12FN3O2. The number of fused-ring (bicyclic) bond motifs is 1. The third-order valence-corrected chi connectivity index (χ3v) is 3.09. The van der Waals surface area contributed by atoms with E-state index in [0.29, 0.717) is 28.1 Å². The van der Waals surface area contributed by atoms with Gasteiger partial charge < -0.3 is 9.84 Å². The summed E-state index contributed by atoms with van der Waals surface area (Å²) in [5.41, 5.74) is 0.406. The molecule has 1 heterocycles. The zero-order valence-electron chi connectivity index (χ0n) is 11.3. The number of aromatic nitrogens is 2. The number of benzene rings is 2. The largest absolute Gasteiger partial charge is 0.343 e. The summed E-state index contributed by atoms with van der Waals surface area (Å²) in [4.78, 5) is 16.2. The number of carbonyl (C=O) groups excluding carboxylic acids is 1. The molecule has 1 amide bonds. The molecule has 21 heavy (non-hydrogen) atoms. The van der Waals surface area contributed by atoms with Crippen molar-refractivity contribution >= 4 is 16.7 Å². The van der Waals surface area contributed by atoms with Crippen molar-refractivity contribution in [2.75, 3.05) is 0 Å². The normalized spacial score (nSPS) is 10.8. The van der Waals surface area contributed by atoms with Crippen molar-refractivity contribution in [3.8, 4) is 0 Å². The van der Waals surface area contributed by atoms with Gasteiger partial charge in [-0.05, 0) is 24.4 Å². The summed E-state index contributed by atoms with van der Waals surface area (Å²) in [5.74, 6) is 0.162. The lowest BCUT2D eigenvalue weighted by Crippen LogP contribution is -2.23. The molecule has 1 aromatic heterocycles. The average molecular weight is 285 g/mol. The van der Waals surface area contributed by atoms with Crippen molar-refractivity contribution in [2.24, 2.45) is 0 Å². The van der Waals surface area contributed by atoms with E-state index in [-0.39, 0.29) is 18.3 Å². The average Bonchev–Trinajstić information content (AvgIpc) is 2.91. The Morgan fingerprint density at radius 2 is 2.00 bits per heavy atom. The predicted octanol–water partition coefficient (Wildman–Crippen LogP) is 2.60. The number of halogens is 1. The predicted molar refractivity (Wildman–Crippen MR) is 74.1 cm³/mol. The van der Waals surface area contributed by atoms with Gasteiger partial charge in [0.2, 0.25) is 5.89 Å². The SMILES string of the molecule is Cc1noc(CNC(=O)c2ccc(F)c3ccccc23)n1. The van der Waals surface area contributed by atoms with Gasteiger partial charge in [0.05, 0.1) is 6.54 Å². The number of hydrogen-bond acceptors (Lipinski definition) is 4. The highest BCUT2D eigenvalue weighted by atomic mass is 19.1. The van der Waals surface area contributed by atoms with Crippen LogP contribution in [0.2, 0.25) is 0 Å². The van der Waals surface area contributed by atoms with Crippen LogP contribution >= 0.6 is 0 Å². The van der Waals surface area contributed by atoms with Crippen molar-refractivity contribution in [2.45, 2.75) is 13.5 Å². The first kappa shape index (κ1) is 13.2. The molecule has 0 fully saturated rings. The first-order valence-corrected chi connectivity index (χ1v) is 6.40. The topological polar surface area (TPSA) is 68.0 Å². The molecule has 3 aromatic rings. The number of aryl methyl sites for hydroxylation is 1. The van der Waals surface area contributed by atoms with Gasteiger partial charge in [-0.3, -0.25) is 4.79 Å². The monoisotopic (exact) mass is 285 g/mol. The minimum absolute atomic E-state index is 0.130. The molecule has 0 atom stereocenters. The Labute approximate surface area is 119 Å². The van der Waals surface area contributed by atoms with Gasteiger partial charge in [0, 0.05) is 10.9 Å². The number of rotatable bonds is 3. The van der Waals surface area contributed by atoms with Crippen LogP contribution in [0.4, 0.5) is 4.39 Å². The van der Waals surface area contributed by atoms with E-state index in [1.807, 2.05) is 0 Å². The number of nitrogens with one attached hydrogen (secondary N) is 1. The fourth-order valence-corrected chi connectivity index (χ4v) is 2.12. The molecule has 0 unspecified atom stereocenters. The lowest BCUT2D eigenvalue weighted by atomic mass is 10.0. The van der Waals surface area contributed by atoms with Crippen molar-refractivity contribution in [1.82, 2.24) is 15.5 Å². The maximum atomic E-state index is 13.7. The molecule has 0 saturated heterocycles. The van der Waals surface area contributed by atoms with E-state index in [4.69, 9.17) is 4.52 Å². The smallest absolute Gasteiger partial charge is 0.252 e. The van der Waals surface area contributed by atoms with Gasteiger partial charge in [-0.2, -0.15) is 4.98 Å². The second kappa shape index (κ2) is 5.32. The number of nitrogens with zero attached hydrogens (tertiary/aromatic N) is 2. The van der Waals surface area contributed by atoms with Crippen molar-refractivity contribution in [3.63, 3.8) is 0 Å². The highest BCUT2D eigenvalue weighted by Crippen LogP contribution is 2.21. The van der Waals surface area contributed by atoms with Crippen LogP contribution in [0.1, 0.15) is 22.1 Å². The zero-order chi connectivity index (χ0) is 14.8. The molecule has 0 saturated carbocycles. The van der Waals surface area contributed by atoms with Gasteiger partial charge in [0.15, 0.2) is 5.82 Å². The first-order chi connectivity index (χ1) is 10.1. The highest BCUT2D eigenvalue weighted by molar-refractivity contribution is 6.07. The van der Waals surface area contributed by atoms with E-state index in [0.717, 1.165) is 0 Å². The van der Waals surface area contributed by atoms with Crippen LogP contribution in [0.3, 0.4) is 0 Å². The molecule has 0 spiro atoms. The Bertz CT molecular complexity index is 814. The summed E-state index contributed by atoms with van der Waals surface area (Å²) in [6, 6.07) is 9.60. The first-order valence-electron chi connectivity index (χ1n) is 6.40. The molecular weight excluding hydrogens is 273 g/mol. The molecule has 0 aliphatic rings. The maximum Gasteiger partial charge on any atom is 0.252 e. The van der Waals surface area contributed by atoms with Gasteiger partial charge in [-0.1, -0.05) is 29.4 Å². The van der Waals surface area contributed by atoms with Crippen LogP contribution in [0.5, 0.6) is 0 Å². The summed E-state index contributed by atoms with van der Waals surface area (Å²) < 4.78 is 18.6. The van der Waals surface area contributed by atoms with Crippen LogP contribution in [0.15, 0.2) is 40.9 Å². The fourth-order valence-electron chi connectivity index (χ4n) is 2.12. The minimum atomic E-state index is -0.352. The van der Waals surface area contributed by atoms with E-state index in [1.54, 1.807) is 31.2 Å². The van der Waals surface area contributed by atoms with Crippen molar-refractivity contribution in [1.29, 1.82) is 0 Å². The van der Waals surface area contributed by atoms with Crippen LogP contribution in [0, 0.1) is 12.7 Å². The zero-order valence-corrected chi connectivity index (χ0v) is 11.3. The van der Waals surface area contributed by atoms with E-state index >= 15 is 0 Å². The highest BCUT2D eigenvalue weighted by Gasteiger charge is 2.13. The molecule has 0 bridgehead atoms. The van der Waals surface area contributed by atoms with Crippen LogP contribution in [-0.4, -0.2) is 16.0 Å². The standard InChI is InChI=1S/C15H12FN3O2/c1-9-18-14(21-19-9)8-17-15(20)12-6-7-13(16)11-5-3-2-4-10(11)12/h2-7H,8H2,1H3,(H,17,20). The third kappa shape index (κ3) is 2.60. The maximum absolute atomic E-state index is 13.7. The van der Waals surface area contributed by atoms with E-state index in [2.05, 4.69) is 15.5 Å².